The molecule has 0 spiro atoms. The van der Waals surface area contributed by atoms with Gasteiger partial charge in [-0.05, 0) is 0 Å². The molecule has 0 heterocycles. The molecule has 0 fully saturated rings. The first-order valence-electron chi connectivity index (χ1n) is 3.98. The van der Waals surface area contributed by atoms with Crippen molar-refractivity contribution in [2.45, 2.75) is 0 Å². The van der Waals surface area contributed by atoms with Gasteiger partial charge in [0.25, 0.3) is 0 Å². The van der Waals surface area contributed by atoms with Crippen LogP contribution in [0.3, 0.4) is 0 Å². The molecule has 0 nitrogen and oxygen atoms in total. The monoisotopic (exact) mass is 342 g/mol. The third-order valence-corrected chi connectivity index (χ3v) is 1.05. The second-order valence-electron chi connectivity index (χ2n) is 2.05. The summed E-state index contributed by atoms with van der Waals surface area (Å²) in [5.41, 5.74) is 0. The van der Waals surface area contributed by atoms with E-state index in [4.69, 9.17) is 0 Å². The van der Waals surface area contributed by atoms with Gasteiger partial charge in [0.15, 0.2) is 0 Å². The molecule has 0 N–H and O–H groups in total. The molecule has 0 atom stereocenters. The van der Waals surface area contributed by atoms with Gasteiger partial charge < -0.3 is 91.0 Å². The maximum Gasteiger partial charge on any atom is 3.00 e. The van der Waals surface area contributed by atoms with E-state index in [1.54, 1.807) is 18.2 Å². The van der Waals surface area contributed by atoms with Crippen molar-refractivity contribution in [1.29, 1.82) is 0 Å². The van der Waals surface area contributed by atoms with Gasteiger partial charge in [-0.25, -0.2) is 0 Å². The van der Waals surface area contributed by atoms with Gasteiger partial charge in [-0.15, -0.1) is 0 Å². The zero-order valence-electron chi connectivity index (χ0n) is 8.07. The Labute approximate surface area is 128 Å². The number of hydrogen-bond donors (Lipinski definition) is 0. The zero-order chi connectivity index (χ0) is 10.6. The number of rotatable bonds is 0. The molecule has 16 heavy (non-hydrogen) atoms. The third-order valence-electron chi connectivity index (χ3n) is 1.05. The summed E-state index contributed by atoms with van der Waals surface area (Å²) in [5, 5.41) is 0. The Balaban J connectivity index is 0.000000205. The van der Waals surface area contributed by atoms with Gasteiger partial charge in [0.1, 0.15) is 0 Å². The fourth-order valence-electron chi connectivity index (χ4n) is 0.541. The number of hydrogen-bond acceptors (Lipinski definition) is 0. The van der Waals surface area contributed by atoms with Crippen LogP contribution >= 0.6 is 0 Å². The first kappa shape index (κ1) is 15.3. The van der Waals surface area contributed by atoms with Crippen molar-refractivity contribution in [2.24, 2.45) is 0 Å². The smallest absolute Gasteiger partial charge is 0.999 e. The molecule has 0 radical (unpaired) electrons. The molecule has 0 aliphatic carbocycles. The quantitative estimate of drug-likeness (QED) is 0.547. The minimum absolute atomic E-state index is 0. The van der Waals surface area contributed by atoms with Crippen molar-refractivity contribution < 1.29 is 38.6 Å². The molecule has 0 amide bonds. The van der Waals surface area contributed by atoms with E-state index in [-0.39, 0.29) is 38.6 Å². The Bertz CT molecular complexity index is 237. The Morgan fingerprint density at radius 1 is 0.375 bits per heavy atom. The van der Waals surface area contributed by atoms with Crippen LogP contribution in [-0.2, 0) is 0 Å². The summed E-state index contributed by atoms with van der Waals surface area (Å²) < 4.78 is 0. The molecule has 0 aliphatic heterocycles. The fraction of sp³-hybridized carbons (Fsp3) is 0. The van der Waals surface area contributed by atoms with Crippen LogP contribution < -0.4 is 0 Å². The van der Waals surface area contributed by atoms with E-state index in [1.807, 2.05) is 0 Å². The van der Waals surface area contributed by atoms with E-state index in [2.05, 4.69) is 72.8 Å². The van der Waals surface area contributed by atoms with Crippen molar-refractivity contribution in [3.63, 3.8) is 0 Å². The molecule has 0 saturated heterocycles. The average molecular weight is 342 g/mol. The van der Waals surface area contributed by atoms with Gasteiger partial charge in [0, 0.05) is 0 Å². The largest absolute Gasteiger partial charge is 3.00 e. The zero-order valence-corrected chi connectivity index (χ0v) is 10.2. The molecule has 0 aliphatic rings. The minimum atomic E-state index is 0. The maximum atomic E-state index is 2.62. The summed E-state index contributed by atoms with van der Waals surface area (Å²) in [4.78, 5) is 0. The second kappa shape index (κ2) is 12.4. The van der Waals surface area contributed by atoms with E-state index in [1.165, 1.54) is 0 Å². The van der Waals surface area contributed by atoms with E-state index in [0.29, 0.717) is 0 Å². The van der Waals surface area contributed by atoms with Gasteiger partial charge in [0.2, 0.25) is 0 Å². The molecule has 0 bridgehead atoms. The Morgan fingerprint density at radius 2 is 0.562 bits per heavy atom. The predicted octanol–water partition coefficient (Wildman–Crippen LogP) is 1.82. The van der Waals surface area contributed by atoms with Crippen molar-refractivity contribution >= 4 is 0 Å². The molecule has 1 heteroatoms. The summed E-state index contributed by atoms with van der Waals surface area (Å²) in [6.07, 6.45) is 0. The summed E-state index contributed by atoms with van der Waals surface area (Å²) >= 11 is 0. The van der Waals surface area contributed by atoms with Crippen LogP contribution in [0.15, 0.2) is 18.2 Å². The predicted molar refractivity (Wildman–Crippen MR) is 52.1 cm³/mol. The first-order chi connectivity index (χ1) is 7.50. The van der Waals surface area contributed by atoms with Crippen LogP contribution in [0.4, 0.5) is 0 Å². The standard InChI is InChI=1S/3C5H.Tb/c3*1-2-4-5-3-1;/h3*1H;/q3*-5;+3. The summed E-state index contributed by atoms with van der Waals surface area (Å²) in [6.45, 7) is 0. The van der Waals surface area contributed by atoms with E-state index in [0.717, 1.165) is 0 Å². The molecular weight excluding hydrogens is 339 g/mol. The van der Waals surface area contributed by atoms with Crippen LogP contribution in [0, 0.1) is 111 Å². The van der Waals surface area contributed by atoms with Gasteiger partial charge in [-0.1, -0.05) is 0 Å². The molecule has 3 aromatic rings. The average Bonchev–Trinajstić information content (AvgIpc) is 3.09. The first-order valence-corrected chi connectivity index (χ1v) is 3.98. The molecule has 3 aromatic carbocycles. The van der Waals surface area contributed by atoms with Crippen LogP contribution in [-0.4, -0.2) is 0 Å². The maximum absolute atomic E-state index is 2.62. The SMILES string of the molecule is [Tb+3].[c-]1[c-][c-][cH-][c-]1.[c-]1[c-][c-][cH-][c-]1.[c-]1[c-][c-][cH-][c-]1. The van der Waals surface area contributed by atoms with E-state index < -0.39 is 0 Å². The normalized spacial score (nSPS) is 7.50. The minimum Gasteiger partial charge on any atom is -0.999 e. The summed E-state index contributed by atoms with van der Waals surface area (Å²) in [6, 6.07) is 36.0. The van der Waals surface area contributed by atoms with Crippen molar-refractivity contribution in [1.82, 2.24) is 0 Å². The molecule has 0 saturated carbocycles. The Morgan fingerprint density at radius 3 is 0.625 bits per heavy atom. The Hall–Kier alpha value is -0.664. The topological polar surface area (TPSA) is 0 Å². The van der Waals surface area contributed by atoms with Crippen molar-refractivity contribution in [3.8, 4) is 0 Å². The van der Waals surface area contributed by atoms with E-state index in [9.17, 15) is 0 Å². The van der Waals surface area contributed by atoms with Crippen molar-refractivity contribution in [2.75, 3.05) is 0 Å². The molecule has 3 rings (SSSR count). The van der Waals surface area contributed by atoms with Gasteiger partial charge in [-0.2, -0.15) is 0 Å². The third kappa shape index (κ3) is 9.87. The molecule has 0 aromatic heterocycles. The van der Waals surface area contributed by atoms with Crippen LogP contribution in [0.25, 0.3) is 0 Å². The second-order valence-corrected chi connectivity index (χ2v) is 2.05. The Kier molecular flexibility index (Phi) is 11.9. The molecule has 84 valence electrons. The van der Waals surface area contributed by atoms with Crippen LogP contribution in [0.2, 0.25) is 0 Å². The molecular formula is C15H3Tb-12. The fourth-order valence-corrected chi connectivity index (χ4v) is 0.541. The van der Waals surface area contributed by atoms with Crippen molar-refractivity contribution in [3.05, 3.63) is 91.0 Å². The summed E-state index contributed by atoms with van der Waals surface area (Å²) in [7, 11) is 0. The summed E-state index contributed by atoms with van der Waals surface area (Å²) in [5.74, 6) is 0. The van der Waals surface area contributed by atoms with Gasteiger partial charge in [0.05, 0.1) is 0 Å². The van der Waals surface area contributed by atoms with E-state index >= 15 is 0 Å². The molecule has 0 unspecified atom stereocenters. The van der Waals surface area contributed by atoms with Gasteiger partial charge in [-0.3, -0.25) is 0 Å². The van der Waals surface area contributed by atoms with Gasteiger partial charge >= 0.3 is 38.6 Å². The van der Waals surface area contributed by atoms with Crippen LogP contribution in [0.1, 0.15) is 0 Å². The van der Waals surface area contributed by atoms with Crippen LogP contribution in [0.5, 0.6) is 0 Å².